The van der Waals surface area contributed by atoms with Crippen LogP contribution in [0.3, 0.4) is 0 Å². The summed E-state index contributed by atoms with van der Waals surface area (Å²) in [5.74, 6) is 1.99. The van der Waals surface area contributed by atoms with Gasteiger partial charge in [0, 0.05) is 37.6 Å². The van der Waals surface area contributed by atoms with E-state index < -0.39 is 0 Å². The number of nitrogens with zero attached hydrogens (tertiary/aromatic N) is 5. The Labute approximate surface area is 155 Å². The van der Waals surface area contributed by atoms with Crippen LogP contribution < -0.4 is 5.56 Å². The highest BCUT2D eigenvalue weighted by Crippen LogP contribution is 2.15. The van der Waals surface area contributed by atoms with E-state index >= 15 is 0 Å². The Hall–Kier alpha value is -2.67. The highest BCUT2D eigenvalue weighted by Gasteiger charge is 2.05. The zero-order chi connectivity index (χ0) is 18.5. The third-order valence-corrected chi connectivity index (χ3v) is 4.27. The van der Waals surface area contributed by atoms with E-state index in [1.807, 2.05) is 21.2 Å². The van der Waals surface area contributed by atoms with Crippen LogP contribution in [0.1, 0.15) is 38.3 Å². The monoisotopic (exact) mass is 372 g/mol. The van der Waals surface area contributed by atoms with Gasteiger partial charge in [-0.05, 0) is 12.8 Å². The molecule has 0 amide bonds. The number of hydrogen-bond acceptors (Lipinski definition) is 4. The minimum atomic E-state index is -0.0858. The summed E-state index contributed by atoms with van der Waals surface area (Å²) in [6.45, 7) is 4.22. The lowest BCUT2D eigenvalue weighted by atomic mass is 10.3. The lowest BCUT2D eigenvalue weighted by molar-refractivity contribution is 0.827. The summed E-state index contributed by atoms with van der Waals surface area (Å²) in [6.07, 6.45) is 14.4. The van der Waals surface area contributed by atoms with E-state index in [1.165, 1.54) is 0 Å². The average molecular weight is 373 g/mol. The lowest BCUT2D eigenvalue weighted by Gasteiger charge is -1.98. The number of imidazole rings is 2. The first kappa shape index (κ1) is 18.1. The van der Waals surface area contributed by atoms with Crippen molar-refractivity contribution in [2.75, 3.05) is 0 Å². The van der Waals surface area contributed by atoms with Crippen LogP contribution in [0.25, 0.3) is 11.0 Å². The molecule has 0 saturated carbocycles. The van der Waals surface area contributed by atoms with Crippen molar-refractivity contribution in [3.63, 3.8) is 0 Å². The largest absolute Gasteiger partial charge is 0.326 e. The van der Waals surface area contributed by atoms with Gasteiger partial charge in [-0.2, -0.15) is 0 Å². The number of halogens is 1. The van der Waals surface area contributed by atoms with Crippen LogP contribution in [-0.2, 0) is 12.8 Å². The molecular formula is C18H21ClN6O. The number of rotatable bonds is 4. The second kappa shape index (κ2) is 8.14. The first-order valence-corrected chi connectivity index (χ1v) is 9.03. The normalized spacial score (nSPS) is 10.9. The van der Waals surface area contributed by atoms with Crippen molar-refractivity contribution in [3.05, 3.63) is 64.3 Å². The van der Waals surface area contributed by atoms with Crippen LogP contribution in [0.5, 0.6) is 0 Å². The highest BCUT2D eigenvalue weighted by atomic mass is 35.5. The van der Waals surface area contributed by atoms with Gasteiger partial charge in [-0.3, -0.25) is 13.6 Å². The van der Waals surface area contributed by atoms with E-state index in [0.717, 1.165) is 42.8 Å². The fraction of sp³-hybridized carbons (Fsp3) is 0.333. The van der Waals surface area contributed by atoms with Crippen LogP contribution in [0.4, 0.5) is 0 Å². The standard InChI is InChI=1S/C9H10ClN3.C9H11N3O/c1-2-3-8-12-6-7-9(10)11-4-5-13(7)8;1-2-3-8-11-6-7-9(13)10-4-5-12(7)8/h4-6H,2-3H2,1H3;4-6H,2-3H2,1H3,(H,10,13). The lowest BCUT2D eigenvalue weighted by Crippen LogP contribution is -2.08. The van der Waals surface area contributed by atoms with Gasteiger partial charge in [0.2, 0.25) is 0 Å². The van der Waals surface area contributed by atoms with Crippen LogP contribution in [0.2, 0.25) is 5.15 Å². The van der Waals surface area contributed by atoms with Crippen LogP contribution in [-0.4, -0.2) is 28.7 Å². The molecule has 4 aromatic rings. The molecule has 0 atom stereocenters. The molecule has 0 aliphatic heterocycles. The summed E-state index contributed by atoms with van der Waals surface area (Å²) in [4.78, 5) is 26.4. The summed E-state index contributed by atoms with van der Waals surface area (Å²) in [6, 6.07) is 0. The van der Waals surface area contributed by atoms with Crippen LogP contribution >= 0.6 is 11.6 Å². The second-order valence-corrected chi connectivity index (χ2v) is 6.22. The van der Waals surface area contributed by atoms with Crippen molar-refractivity contribution in [1.82, 2.24) is 28.7 Å². The van der Waals surface area contributed by atoms with Gasteiger partial charge in [0.1, 0.15) is 22.7 Å². The summed E-state index contributed by atoms with van der Waals surface area (Å²) in [5.41, 5.74) is 1.41. The highest BCUT2D eigenvalue weighted by molar-refractivity contribution is 6.32. The van der Waals surface area contributed by atoms with Crippen molar-refractivity contribution >= 4 is 22.6 Å². The molecular weight excluding hydrogens is 352 g/mol. The Kier molecular flexibility index (Phi) is 5.68. The fourth-order valence-electron chi connectivity index (χ4n) is 2.76. The first-order chi connectivity index (χ1) is 12.7. The molecule has 4 rings (SSSR count). The Morgan fingerprint density at radius 3 is 2.23 bits per heavy atom. The Morgan fingerprint density at radius 2 is 1.58 bits per heavy atom. The van der Waals surface area contributed by atoms with E-state index in [4.69, 9.17) is 11.6 Å². The van der Waals surface area contributed by atoms with Gasteiger partial charge in [0.25, 0.3) is 5.56 Å². The third kappa shape index (κ3) is 3.62. The molecule has 7 nitrogen and oxygen atoms in total. The SMILES string of the molecule is CCCc1ncc2c(=O)[nH]ccn12.CCCc1ncc2c(Cl)nccn12. The zero-order valence-electron chi connectivity index (χ0n) is 14.8. The number of aromatic amines is 1. The van der Waals surface area contributed by atoms with Crippen LogP contribution in [0, 0.1) is 0 Å². The minimum Gasteiger partial charge on any atom is -0.326 e. The molecule has 0 fully saturated rings. The van der Waals surface area contributed by atoms with Crippen LogP contribution in [0.15, 0.2) is 42.0 Å². The summed E-state index contributed by atoms with van der Waals surface area (Å²) in [7, 11) is 0. The Morgan fingerprint density at radius 1 is 0.962 bits per heavy atom. The smallest absolute Gasteiger partial charge is 0.273 e. The van der Waals surface area contributed by atoms with Gasteiger partial charge in [-0.15, -0.1) is 0 Å². The molecule has 0 aliphatic rings. The molecule has 0 spiro atoms. The number of fused-ring (bicyclic) bond motifs is 2. The summed E-state index contributed by atoms with van der Waals surface area (Å²) in [5, 5.41) is 0.511. The molecule has 0 unspecified atom stereocenters. The number of aryl methyl sites for hydroxylation is 2. The quantitative estimate of drug-likeness (QED) is 0.596. The van der Waals surface area contributed by atoms with Gasteiger partial charge < -0.3 is 4.98 Å². The number of H-pyrrole nitrogens is 1. The van der Waals surface area contributed by atoms with E-state index in [9.17, 15) is 4.79 Å². The van der Waals surface area contributed by atoms with Gasteiger partial charge in [-0.1, -0.05) is 25.4 Å². The van der Waals surface area contributed by atoms with E-state index in [0.29, 0.717) is 10.7 Å². The molecule has 0 radical (unpaired) electrons. The maximum atomic E-state index is 11.3. The van der Waals surface area contributed by atoms with Crippen molar-refractivity contribution < 1.29 is 0 Å². The molecule has 0 saturated heterocycles. The van der Waals surface area contributed by atoms with Gasteiger partial charge >= 0.3 is 0 Å². The van der Waals surface area contributed by atoms with E-state index in [1.54, 1.807) is 24.8 Å². The average Bonchev–Trinajstić information content (AvgIpc) is 3.23. The predicted octanol–water partition coefficient (Wildman–Crippen LogP) is 3.31. The predicted molar refractivity (Wildman–Crippen MR) is 102 cm³/mol. The Bertz CT molecular complexity index is 1060. The second-order valence-electron chi connectivity index (χ2n) is 5.87. The molecule has 136 valence electrons. The van der Waals surface area contributed by atoms with Gasteiger partial charge in [0.15, 0.2) is 5.15 Å². The summed E-state index contributed by atoms with van der Waals surface area (Å²) < 4.78 is 3.82. The van der Waals surface area contributed by atoms with Crippen molar-refractivity contribution in [2.24, 2.45) is 0 Å². The maximum absolute atomic E-state index is 11.3. The van der Waals surface area contributed by atoms with Crippen molar-refractivity contribution in [3.8, 4) is 0 Å². The third-order valence-electron chi connectivity index (χ3n) is 3.98. The topological polar surface area (TPSA) is 80.3 Å². The molecule has 0 aliphatic carbocycles. The molecule has 8 heteroatoms. The molecule has 0 bridgehead atoms. The number of nitrogens with one attached hydrogen (secondary N) is 1. The van der Waals surface area contributed by atoms with Gasteiger partial charge in [0.05, 0.1) is 12.4 Å². The maximum Gasteiger partial charge on any atom is 0.273 e. The van der Waals surface area contributed by atoms with Gasteiger partial charge in [-0.25, -0.2) is 15.0 Å². The molecule has 4 heterocycles. The molecule has 4 aromatic heterocycles. The van der Waals surface area contributed by atoms with E-state index in [2.05, 4.69) is 33.8 Å². The fourth-order valence-corrected chi connectivity index (χ4v) is 2.96. The zero-order valence-corrected chi connectivity index (χ0v) is 15.6. The molecule has 26 heavy (non-hydrogen) atoms. The van der Waals surface area contributed by atoms with Crippen molar-refractivity contribution in [1.29, 1.82) is 0 Å². The molecule has 1 N–H and O–H groups in total. The number of hydrogen-bond donors (Lipinski definition) is 1. The Balaban J connectivity index is 0.000000151. The van der Waals surface area contributed by atoms with Crippen molar-refractivity contribution in [2.45, 2.75) is 39.5 Å². The first-order valence-electron chi connectivity index (χ1n) is 8.65. The van der Waals surface area contributed by atoms with E-state index in [-0.39, 0.29) is 5.56 Å². The minimum absolute atomic E-state index is 0.0858. The number of aromatic nitrogens is 6. The molecule has 0 aromatic carbocycles. The summed E-state index contributed by atoms with van der Waals surface area (Å²) >= 11 is 5.90.